The van der Waals surface area contributed by atoms with Crippen molar-refractivity contribution >= 4 is 11.9 Å². The maximum absolute atomic E-state index is 12.4. The third-order valence-electron chi connectivity index (χ3n) is 4.79. The summed E-state index contributed by atoms with van der Waals surface area (Å²) in [5.74, 6) is 1.83. The van der Waals surface area contributed by atoms with Crippen LogP contribution in [0.3, 0.4) is 0 Å². The predicted octanol–water partition coefficient (Wildman–Crippen LogP) is 1.76. The molecule has 0 aliphatic rings. The molecule has 2 rings (SSSR count). The van der Waals surface area contributed by atoms with Crippen LogP contribution in [-0.2, 0) is 16.8 Å². The van der Waals surface area contributed by atoms with Crippen LogP contribution in [0.1, 0.15) is 36.6 Å². The molecule has 0 radical (unpaired) electrons. The molecule has 0 saturated carbocycles. The van der Waals surface area contributed by atoms with E-state index in [1.165, 1.54) is 0 Å². The van der Waals surface area contributed by atoms with E-state index in [9.17, 15) is 9.90 Å². The van der Waals surface area contributed by atoms with E-state index in [1.54, 1.807) is 25.1 Å². The molecule has 1 atom stereocenters. The highest BCUT2D eigenvalue weighted by atomic mass is 16.3. The lowest BCUT2D eigenvalue weighted by Crippen LogP contribution is -2.45. The van der Waals surface area contributed by atoms with Crippen molar-refractivity contribution in [3.8, 4) is 0 Å². The van der Waals surface area contributed by atoms with Crippen molar-refractivity contribution in [3.05, 3.63) is 53.2 Å². The summed E-state index contributed by atoms with van der Waals surface area (Å²) >= 11 is 0. The van der Waals surface area contributed by atoms with Gasteiger partial charge in [-0.25, -0.2) is 4.99 Å². The molecule has 164 valence electrons. The second-order valence-electron chi connectivity index (χ2n) is 7.54. The van der Waals surface area contributed by atoms with E-state index in [1.807, 2.05) is 45.0 Å². The first-order valence-electron chi connectivity index (χ1n) is 10.2. The molecule has 2 aromatic heterocycles. The number of aliphatic hydroxyl groups is 1. The maximum Gasteiger partial charge on any atom is 0.244 e. The quantitative estimate of drug-likeness (QED) is 0.426. The zero-order valence-corrected chi connectivity index (χ0v) is 18.5. The van der Waals surface area contributed by atoms with Gasteiger partial charge in [-0.1, -0.05) is 6.07 Å². The van der Waals surface area contributed by atoms with Gasteiger partial charge in [-0.3, -0.25) is 9.78 Å². The van der Waals surface area contributed by atoms with Gasteiger partial charge in [-0.2, -0.15) is 0 Å². The molecule has 1 unspecified atom stereocenters. The van der Waals surface area contributed by atoms with Crippen LogP contribution >= 0.6 is 0 Å². The van der Waals surface area contributed by atoms with Crippen molar-refractivity contribution in [1.29, 1.82) is 0 Å². The molecule has 3 N–H and O–H groups in total. The monoisotopic (exact) mass is 415 g/mol. The minimum absolute atomic E-state index is 0.0139. The first-order valence-corrected chi connectivity index (χ1v) is 10.2. The Bertz CT molecular complexity index is 846. The molecule has 8 nitrogen and oxygen atoms in total. The second-order valence-corrected chi connectivity index (χ2v) is 7.54. The van der Waals surface area contributed by atoms with Crippen LogP contribution in [0.2, 0.25) is 0 Å². The average molecular weight is 416 g/mol. The fraction of sp³-hybridized carbons (Fsp3) is 0.500. The molecule has 0 fully saturated rings. The van der Waals surface area contributed by atoms with Crippen LogP contribution in [-0.4, -0.2) is 60.1 Å². The number of aliphatic imine (C=N–C) groups is 1. The predicted molar refractivity (Wildman–Crippen MR) is 117 cm³/mol. The number of likely N-dealkylation sites (N-methyl/N-ethyl adjacent to an activating group) is 1. The smallest absolute Gasteiger partial charge is 0.244 e. The summed E-state index contributed by atoms with van der Waals surface area (Å²) < 4.78 is 5.53. The summed E-state index contributed by atoms with van der Waals surface area (Å²) in [6.07, 6.45) is 2.44. The first kappa shape index (κ1) is 23.4. The minimum atomic E-state index is -1.14. The molecule has 1 amide bonds. The van der Waals surface area contributed by atoms with Crippen LogP contribution in [0.5, 0.6) is 0 Å². The molecular formula is C22H33N5O3. The summed E-state index contributed by atoms with van der Waals surface area (Å²) in [5.41, 5.74) is 0.540. The summed E-state index contributed by atoms with van der Waals surface area (Å²) in [7, 11) is 1.76. The normalized spacial score (nSPS) is 13.6. The van der Waals surface area contributed by atoms with Crippen LogP contribution in [0.15, 0.2) is 39.9 Å². The zero-order valence-electron chi connectivity index (χ0n) is 18.5. The van der Waals surface area contributed by atoms with Crippen LogP contribution < -0.4 is 10.6 Å². The molecule has 0 bridgehead atoms. The van der Waals surface area contributed by atoms with E-state index >= 15 is 0 Å². The lowest BCUT2D eigenvalue weighted by molar-refractivity contribution is -0.128. The van der Waals surface area contributed by atoms with E-state index in [-0.39, 0.29) is 19.0 Å². The molecule has 0 aliphatic heterocycles. The Morgan fingerprint density at radius 3 is 2.70 bits per heavy atom. The Morgan fingerprint density at radius 2 is 2.10 bits per heavy atom. The molecule has 8 heteroatoms. The highest BCUT2D eigenvalue weighted by molar-refractivity contribution is 5.84. The molecule has 30 heavy (non-hydrogen) atoms. The molecule has 2 aromatic rings. The Morgan fingerprint density at radius 1 is 1.33 bits per heavy atom. The fourth-order valence-corrected chi connectivity index (χ4v) is 3.08. The first-order chi connectivity index (χ1) is 14.2. The Balaban J connectivity index is 1.91. The average Bonchev–Trinajstić information content (AvgIpc) is 3.07. The Hall–Kier alpha value is -2.87. The van der Waals surface area contributed by atoms with Gasteiger partial charge in [0.05, 0.1) is 6.54 Å². The third-order valence-corrected chi connectivity index (χ3v) is 4.79. The van der Waals surface area contributed by atoms with Crippen molar-refractivity contribution < 1.29 is 14.3 Å². The number of nitrogens with one attached hydrogen (secondary N) is 2. The Labute approximate surface area is 178 Å². The lowest BCUT2D eigenvalue weighted by Gasteiger charge is -2.24. The second kappa shape index (κ2) is 10.8. The molecular weight excluding hydrogens is 382 g/mol. The number of nitrogens with zero attached hydrogens (tertiary/aromatic N) is 3. The lowest BCUT2D eigenvalue weighted by atomic mass is 9.96. The number of rotatable bonds is 9. The topological polar surface area (TPSA) is 103 Å². The summed E-state index contributed by atoms with van der Waals surface area (Å²) in [6.45, 7) is 8.79. The van der Waals surface area contributed by atoms with Gasteiger partial charge in [-0.05, 0) is 45.9 Å². The highest BCUT2D eigenvalue weighted by Gasteiger charge is 2.28. The van der Waals surface area contributed by atoms with Gasteiger partial charge >= 0.3 is 0 Å². The van der Waals surface area contributed by atoms with Crippen LogP contribution in [0, 0.1) is 13.8 Å². The van der Waals surface area contributed by atoms with E-state index in [0.717, 1.165) is 17.0 Å². The van der Waals surface area contributed by atoms with Gasteiger partial charge in [-0.15, -0.1) is 0 Å². The zero-order chi connectivity index (χ0) is 22.1. The van der Waals surface area contributed by atoms with E-state index < -0.39 is 5.60 Å². The number of carbonyl (C=O) groups is 1. The number of guanidine groups is 1. The highest BCUT2D eigenvalue weighted by Crippen LogP contribution is 2.26. The maximum atomic E-state index is 12.4. The van der Waals surface area contributed by atoms with E-state index in [2.05, 4.69) is 20.6 Å². The molecule has 0 saturated heterocycles. The van der Waals surface area contributed by atoms with Crippen molar-refractivity contribution in [3.63, 3.8) is 0 Å². The van der Waals surface area contributed by atoms with Gasteiger partial charge < -0.3 is 25.1 Å². The SMILES string of the molecule is CCNC(=NCC(=O)N(C)CCc1ccccn1)NCC(C)(O)c1cc(C)oc1C. The number of aromatic nitrogens is 1. The number of pyridine rings is 1. The largest absolute Gasteiger partial charge is 0.466 e. The van der Waals surface area contributed by atoms with Crippen LogP contribution in [0.4, 0.5) is 0 Å². The number of furan rings is 1. The van der Waals surface area contributed by atoms with E-state index in [4.69, 9.17) is 4.42 Å². The van der Waals surface area contributed by atoms with Crippen molar-refractivity contribution in [2.75, 3.05) is 33.2 Å². The Kier molecular flexibility index (Phi) is 8.41. The van der Waals surface area contributed by atoms with E-state index in [0.29, 0.717) is 31.2 Å². The minimum Gasteiger partial charge on any atom is -0.466 e. The third kappa shape index (κ3) is 6.88. The molecule has 0 aromatic carbocycles. The van der Waals surface area contributed by atoms with Gasteiger partial charge in [0.15, 0.2) is 5.96 Å². The number of hydrogen-bond acceptors (Lipinski definition) is 5. The summed E-state index contributed by atoms with van der Waals surface area (Å²) in [6, 6.07) is 7.58. The van der Waals surface area contributed by atoms with Gasteiger partial charge in [0.25, 0.3) is 0 Å². The number of aryl methyl sites for hydroxylation is 2. The van der Waals surface area contributed by atoms with Crippen molar-refractivity contribution in [2.24, 2.45) is 4.99 Å². The fourth-order valence-electron chi connectivity index (χ4n) is 3.08. The summed E-state index contributed by atoms with van der Waals surface area (Å²) in [4.78, 5) is 22.7. The molecule has 0 aliphatic carbocycles. The standard InChI is InChI=1S/C22H33N5O3/c1-6-23-21(26-15-22(4,29)19-13-16(2)30-17(19)3)25-14-20(28)27(5)12-10-18-9-7-8-11-24-18/h7-9,11,13,29H,6,10,12,14-15H2,1-5H3,(H2,23,25,26). The van der Waals surface area contributed by atoms with Crippen molar-refractivity contribution in [1.82, 2.24) is 20.5 Å². The summed E-state index contributed by atoms with van der Waals surface area (Å²) in [5, 5.41) is 17.1. The number of amides is 1. The molecule has 2 heterocycles. The number of carbonyl (C=O) groups excluding carboxylic acids is 1. The van der Waals surface area contributed by atoms with Gasteiger partial charge in [0.1, 0.15) is 23.7 Å². The van der Waals surface area contributed by atoms with Crippen LogP contribution in [0.25, 0.3) is 0 Å². The van der Waals surface area contributed by atoms with Gasteiger partial charge in [0, 0.05) is 44.0 Å². The molecule has 0 spiro atoms. The van der Waals surface area contributed by atoms with Crippen molar-refractivity contribution in [2.45, 2.75) is 39.7 Å². The number of hydrogen-bond donors (Lipinski definition) is 3. The van der Waals surface area contributed by atoms with Gasteiger partial charge in [0.2, 0.25) is 5.91 Å².